The summed E-state index contributed by atoms with van der Waals surface area (Å²) in [5.74, 6) is 1.05. The number of rotatable bonds is 4. The van der Waals surface area contributed by atoms with Gasteiger partial charge in [-0.2, -0.15) is 13.2 Å². The smallest absolute Gasteiger partial charge is 0.363 e. The zero-order valence-corrected chi connectivity index (χ0v) is 17.2. The number of likely N-dealkylation sites (tertiary alicyclic amines) is 1. The molecule has 2 heterocycles. The van der Waals surface area contributed by atoms with E-state index in [9.17, 15) is 28.1 Å². The van der Waals surface area contributed by atoms with E-state index in [2.05, 4.69) is 13.8 Å². The van der Waals surface area contributed by atoms with Crippen molar-refractivity contribution >= 4 is 17.3 Å². The molecule has 2 saturated heterocycles. The van der Waals surface area contributed by atoms with Gasteiger partial charge in [-0.15, -0.1) is 0 Å². The molecule has 2 atom stereocenters. The molecule has 0 N–H and O–H groups in total. The van der Waals surface area contributed by atoms with Crippen LogP contribution in [0.5, 0.6) is 0 Å². The van der Waals surface area contributed by atoms with E-state index in [1.807, 2.05) is 9.80 Å². The minimum Gasteiger partial charge on any atom is -0.363 e. The first-order valence-corrected chi connectivity index (χ1v) is 10.1. The Bertz CT molecular complexity index is 784. The maximum Gasteiger partial charge on any atom is 0.416 e. The van der Waals surface area contributed by atoms with Crippen molar-refractivity contribution in [3.8, 4) is 0 Å². The molecule has 0 saturated carbocycles. The number of hydrogen-bond donors (Lipinski definition) is 0. The number of benzene rings is 1. The zero-order valence-electron chi connectivity index (χ0n) is 17.2. The number of halogens is 3. The fourth-order valence-electron chi connectivity index (χ4n) is 4.42. The van der Waals surface area contributed by atoms with Crippen LogP contribution in [0.1, 0.15) is 25.8 Å². The summed E-state index contributed by atoms with van der Waals surface area (Å²) in [4.78, 5) is 28.8. The van der Waals surface area contributed by atoms with Gasteiger partial charge in [0.25, 0.3) is 5.69 Å². The number of carbonyl (C=O) groups excluding carboxylic acids is 1. The van der Waals surface area contributed by atoms with Crippen LogP contribution in [0.4, 0.5) is 24.5 Å². The predicted molar refractivity (Wildman–Crippen MR) is 106 cm³/mol. The Morgan fingerprint density at radius 2 is 1.73 bits per heavy atom. The van der Waals surface area contributed by atoms with Gasteiger partial charge in [-0.3, -0.25) is 19.8 Å². The molecule has 10 heteroatoms. The molecular weight excluding hydrogens is 401 g/mol. The van der Waals surface area contributed by atoms with Crippen LogP contribution in [0, 0.1) is 22.0 Å². The molecule has 0 spiro atoms. The number of nitro groups is 1. The summed E-state index contributed by atoms with van der Waals surface area (Å²) < 4.78 is 38.7. The lowest BCUT2D eigenvalue weighted by molar-refractivity contribution is -0.384. The number of alkyl halides is 3. The van der Waals surface area contributed by atoms with Crippen molar-refractivity contribution in [2.45, 2.75) is 26.4 Å². The van der Waals surface area contributed by atoms with Gasteiger partial charge < -0.3 is 9.80 Å². The molecule has 30 heavy (non-hydrogen) atoms. The molecule has 1 amide bonds. The molecule has 1 aromatic rings. The van der Waals surface area contributed by atoms with Gasteiger partial charge in [0.1, 0.15) is 5.69 Å². The van der Waals surface area contributed by atoms with Crippen molar-refractivity contribution in [1.29, 1.82) is 0 Å². The van der Waals surface area contributed by atoms with Crippen LogP contribution < -0.4 is 4.90 Å². The molecule has 0 bridgehead atoms. The third kappa shape index (κ3) is 5.21. The lowest BCUT2D eigenvalue weighted by Gasteiger charge is -2.38. The van der Waals surface area contributed by atoms with Gasteiger partial charge in [-0.1, -0.05) is 13.8 Å². The van der Waals surface area contributed by atoms with Crippen LogP contribution in [0.15, 0.2) is 18.2 Å². The number of hydrogen-bond acceptors (Lipinski definition) is 5. The number of nitrogens with zero attached hydrogens (tertiary/aromatic N) is 4. The Morgan fingerprint density at radius 1 is 1.13 bits per heavy atom. The Morgan fingerprint density at radius 3 is 2.27 bits per heavy atom. The van der Waals surface area contributed by atoms with Gasteiger partial charge in [0, 0.05) is 45.3 Å². The molecule has 2 fully saturated rings. The lowest BCUT2D eigenvalue weighted by Crippen LogP contribution is -2.52. The number of anilines is 1. The highest BCUT2D eigenvalue weighted by atomic mass is 19.4. The minimum atomic E-state index is -4.63. The van der Waals surface area contributed by atoms with Crippen molar-refractivity contribution in [1.82, 2.24) is 9.80 Å². The average Bonchev–Trinajstić information content (AvgIpc) is 2.66. The Labute approximate surface area is 173 Å². The minimum absolute atomic E-state index is 0.0855. The van der Waals surface area contributed by atoms with E-state index in [0.29, 0.717) is 50.6 Å². The van der Waals surface area contributed by atoms with Crippen LogP contribution in [0.2, 0.25) is 0 Å². The third-order valence-corrected chi connectivity index (χ3v) is 5.79. The maximum absolute atomic E-state index is 12.9. The number of piperidine rings is 1. The van der Waals surface area contributed by atoms with Crippen molar-refractivity contribution in [3.63, 3.8) is 0 Å². The first kappa shape index (κ1) is 22.3. The Balaban J connectivity index is 1.61. The van der Waals surface area contributed by atoms with Crippen LogP contribution >= 0.6 is 0 Å². The first-order valence-electron chi connectivity index (χ1n) is 10.1. The summed E-state index contributed by atoms with van der Waals surface area (Å²) in [6, 6.07) is 2.62. The van der Waals surface area contributed by atoms with E-state index in [1.165, 1.54) is 0 Å². The highest BCUT2D eigenvalue weighted by Crippen LogP contribution is 2.36. The topological polar surface area (TPSA) is 69.9 Å². The summed E-state index contributed by atoms with van der Waals surface area (Å²) >= 11 is 0. The van der Waals surface area contributed by atoms with Gasteiger partial charge in [-0.05, 0) is 30.4 Å². The van der Waals surface area contributed by atoms with Crippen LogP contribution in [0.3, 0.4) is 0 Å². The molecule has 2 aliphatic rings. The van der Waals surface area contributed by atoms with Crippen LogP contribution in [-0.2, 0) is 11.0 Å². The fraction of sp³-hybridized carbons (Fsp3) is 0.650. The molecule has 0 aromatic heterocycles. The maximum atomic E-state index is 12.9. The van der Waals surface area contributed by atoms with E-state index >= 15 is 0 Å². The van der Waals surface area contributed by atoms with E-state index in [1.54, 1.807) is 4.90 Å². The second-order valence-corrected chi connectivity index (χ2v) is 8.47. The number of piperazine rings is 1. The Kier molecular flexibility index (Phi) is 6.54. The molecule has 7 nitrogen and oxygen atoms in total. The molecule has 2 aliphatic heterocycles. The molecule has 1 aromatic carbocycles. The molecular formula is C20H27F3N4O3. The number of amides is 1. The van der Waals surface area contributed by atoms with Gasteiger partial charge in [0.15, 0.2) is 0 Å². The van der Waals surface area contributed by atoms with Gasteiger partial charge in [0.2, 0.25) is 5.91 Å². The van der Waals surface area contributed by atoms with E-state index < -0.39 is 22.4 Å². The fourth-order valence-corrected chi connectivity index (χ4v) is 4.42. The van der Waals surface area contributed by atoms with E-state index in [4.69, 9.17) is 0 Å². The molecule has 0 radical (unpaired) electrons. The third-order valence-electron chi connectivity index (χ3n) is 5.79. The zero-order chi connectivity index (χ0) is 22.1. The van der Waals surface area contributed by atoms with Gasteiger partial charge in [-0.25, -0.2) is 0 Å². The molecule has 2 unspecified atom stereocenters. The SMILES string of the molecule is CC1CC(C)CN(C(=O)CN2CCN(c3ccc(C(F)(F)F)cc3[N+](=O)[O-])CC2)C1. The van der Waals surface area contributed by atoms with Gasteiger partial charge >= 0.3 is 6.18 Å². The largest absolute Gasteiger partial charge is 0.416 e. The second kappa shape index (κ2) is 8.79. The summed E-state index contributed by atoms with van der Waals surface area (Å²) in [6.07, 6.45) is -3.51. The van der Waals surface area contributed by atoms with Crippen LogP contribution in [0.25, 0.3) is 0 Å². The normalized spacial score (nSPS) is 23.5. The summed E-state index contributed by atoms with van der Waals surface area (Å²) in [6.45, 7) is 7.96. The van der Waals surface area contributed by atoms with Crippen molar-refractivity contribution in [2.24, 2.45) is 11.8 Å². The molecule has 3 rings (SSSR count). The summed E-state index contributed by atoms with van der Waals surface area (Å²) in [7, 11) is 0. The predicted octanol–water partition coefficient (Wildman–Crippen LogP) is 3.24. The quantitative estimate of drug-likeness (QED) is 0.544. The summed E-state index contributed by atoms with van der Waals surface area (Å²) in [5, 5.41) is 11.3. The van der Waals surface area contributed by atoms with Crippen molar-refractivity contribution in [3.05, 3.63) is 33.9 Å². The number of carbonyl (C=O) groups is 1. The Hall–Kier alpha value is -2.36. The average molecular weight is 428 g/mol. The van der Waals surface area contributed by atoms with Gasteiger partial charge in [0.05, 0.1) is 17.0 Å². The van der Waals surface area contributed by atoms with Crippen molar-refractivity contribution < 1.29 is 22.9 Å². The van der Waals surface area contributed by atoms with E-state index in [0.717, 1.165) is 31.6 Å². The standard InChI is InChI=1S/C20H27F3N4O3/c1-14-9-15(2)12-26(11-14)19(28)13-24-5-7-25(8-6-24)17-4-3-16(20(21,22)23)10-18(17)27(29)30/h3-4,10,14-15H,5-9,11-13H2,1-2H3. The second-order valence-electron chi connectivity index (χ2n) is 8.47. The lowest BCUT2D eigenvalue weighted by atomic mass is 9.92. The van der Waals surface area contributed by atoms with E-state index in [-0.39, 0.29) is 11.6 Å². The highest BCUT2D eigenvalue weighted by molar-refractivity contribution is 5.78. The summed E-state index contributed by atoms with van der Waals surface area (Å²) in [5.41, 5.74) is -1.41. The monoisotopic (exact) mass is 428 g/mol. The molecule has 166 valence electrons. The highest BCUT2D eigenvalue weighted by Gasteiger charge is 2.34. The van der Waals surface area contributed by atoms with Crippen molar-refractivity contribution in [2.75, 3.05) is 50.7 Å². The molecule has 0 aliphatic carbocycles. The first-order chi connectivity index (χ1) is 14.0. The number of nitro benzene ring substituents is 1. The van der Waals surface area contributed by atoms with Crippen LogP contribution in [-0.4, -0.2) is 66.4 Å².